The third-order valence-electron chi connectivity index (χ3n) is 5.22. The fraction of sp³-hybridized carbons (Fsp3) is 0.562. The van der Waals surface area contributed by atoms with E-state index < -0.39 is 11.2 Å². The smallest absolute Gasteiger partial charge is 0.329 e. The molecule has 2 aromatic heterocycles. The lowest BCUT2D eigenvalue weighted by Gasteiger charge is -2.29. The number of hydrogen-bond acceptors (Lipinski definition) is 7. The summed E-state index contributed by atoms with van der Waals surface area (Å²) in [6, 6.07) is -0.120. The lowest BCUT2D eigenvalue weighted by molar-refractivity contribution is 0.243. The summed E-state index contributed by atoms with van der Waals surface area (Å²) in [4.78, 5) is 33.4. The Morgan fingerprint density at radius 3 is 2.84 bits per heavy atom. The summed E-state index contributed by atoms with van der Waals surface area (Å²) in [5, 5.41) is 0.202. The molecule has 4 heterocycles. The zero-order chi connectivity index (χ0) is 17.9. The average molecular weight is 346 g/mol. The molecule has 3 atom stereocenters. The van der Waals surface area contributed by atoms with Gasteiger partial charge in [-0.1, -0.05) is 0 Å². The highest BCUT2D eigenvalue weighted by atomic mass is 16.5. The van der Waals surface area contributed by atoms with Crippen LogP contribution >= 0.6 is 0 Å². The van der Waals surface area contributed by atoms with Gasteiger partial charge in [0.25, 0.3) is 5.56 Å². The first kappa shape index (κ1) is 15.9. The van der Waals surface area contributed by atoms with E-state index >= 15 is 0 Å². The summed E-state index contributed by atoms with van der Waals surface area (Å²) in [5.41, 5.74) is 11.5. The molecule has 0 spiro atoms. The van der Waals surface area contributed by atoms with Crippen molar-refractivity contribution < 1.29 is 4.74 Å². The van der Waals surface area contributed by atoms with Crippen LogP contribution in [0.3, 0.4) is 0 Å². The Hall–Kier alpha value is -2.55. The number of nitrogen functional groups attached to an aromatic ring is 1. The van der Waals surface area contributed by atoms with E-state index in [0.29, 0.717) is 29.6 Å². The van der Waals surface area contributed by atoms with E-state index in [9.17, 15) is 9.59 Å². The number of nitrogens with two attached hydrogens (primary N) is 2. The fourth-order valence-electron chi connectivity index (χ4n) is 3.79. The van der Waals surface area contributed by atoms with Gasteiger partial charge in [0.1, 0.15) is 23.3 Å². The third-order valence-corrected chi connectivity index (χ3v) is 5.22. The number of anilines is 2. The van der Waals surface area contributed by atoms with Gasteiger partial charge in [-0.25, -0.2) is 9.78 Å². The van der Waals surface area contributed by atoms with Crippen molar-refractivity contribution in [2.45, 2.75) is 32.4 Å². The minimum absolute atomic E-state index is 0.0844. The van der Waals surface area contributed by atoms with Crippen LogP contribution in [0.4, 0.5) is 11.6 Å². The van der Waals surface area contributed by atoms with Crippen LogP contribution in [0.2, 0.25) is 0 Å². The van der Waals surface area contributed by atoms with Crippen molar-refractivity contribution in [3.05, 3.63) is 20.8 Å². The van der Waals surface area contributed by atoms with Crippen molar-refractivity contribution >= 4 is 22.5 Å². The molecule has 2 aliphatic rings. The minimum Gasteiger partial charge on any atom is -0.485 e. The Labute approximate surface area is 143 Å². The van der Waals surface area contributed by atoms with Gasteiger partial charge in [0.15, 0.2) is 11.6 Å². The van der Waals surface area contributed by atoms with Crippen LogP contribution in [0.25, 0.3) is 10.9 Å². The van der Waals surface area contributed by atoms with Gasteiger partial charge in [0.2, 0.25) is 0 Å². The molecule has 25 heavy (non-hydrogen) atoms. The molecule has 0 bridgehead atoms. The fourth-order valence-corrected chi connectivity index (χ4v) is 3.79. The maximum absolute atomic E-state index is 12.3. The molecule has 0 aliphatic carbocycles. The monoisotopic (exact) mass is 346 g/mol. The number of ether oxygens (including phenoxy) is 1. The van der Waals surface area contributed by atoms with Crippen LogP contribution < -0.4 is 32.4 Å². The number of nitrogens with one attached hydrogen (secondary N) is 1. The minimum atomic E-state index is -0.540. The quantitative estimate of drug-likeness (QED) is 0.685. The zero-order valence-corrected chi connectivity index (χ0v) is 14.3. The lowest BCUT2D eigenvalue weighted by atomic mass is 10.0. The first-order valence-corrected chi connectivity index (χ1v) is 8.49. The Morgan fingerprint density at radius 1 is 1.40 bits per heavy atom. The van der Waals surface area contributed by atoms with Crippen molar-refractivity contribution in [2.75, 3.05) is 30.3 Å². The number of aromatic amines is 1. The summed E-state index contributed by atoms with van der Waals surface area (Å²) in [5.74, 6) is 1.50. The van der Waals surface area contributed by atoms with Crippen molar-refractivity contribution in [3.63, 3.8) is 0 Å². The standard InChI is InChI=1S/C16H22N6O3/c1-7-6-25-12-11-10(15(23)20-16(24)22(7)11)13(18)19-14(12)21-4-3-9(5-21)8(2)17/h7-9H,3-6,17H2,1-2H3,(H2,18,19)(H,20,23,24). The largest absolute Gasteiger partial charge is 0.485 e. The van der Waals surface area contributed by atoms with Gasteiger partial charge >= 0.3 is 5.69 Å². The van der Waals surface area contributed by atoms with E-state index in [1.54, 1.807) is 0 Å². The zero-order valence-electron chi connectivity index (χ0n) is 14.3. The van der Waals surface area contributed by atoms with Gasteiger partial charge in [0.05, 0.1) is 6.04 Å². The average Bonchev–Trinajstić information content (AvgIpc) is 3.03. The van der Waals surface area contributed by atoms with E-state index in [1.165, 1.54) is 4.57 Å². The molecule has 1 fully saturated rings. The lowest BCUT2D eigenvalue weighted by Crippen LogP contribution is -2.38. The predicted molar refractivity (Wildman–Crippen MR) is 95.2 cm³/mol. The summed E-state index contributed by atoms with van der Waals surface area (Å²) in [6.07, 6.45) is 0.954. The first-order valence-electron chi connectivity index (χ1n) is 8.49. The number of rotatable bonds is 2. The van der Waals surface area contributed by atoms with Crippen LogP contribution in [0.15, 0.2) is 9.59 Å². The third kappa shape index (κ3) is 2.30. The van der Waals surface area contributed by atoms with Crippen LogP contribution in [0, 0.1) is 5.92 Å². The van der Waals surface area contributed by atoms with Crippen LogP contribution in [-0.4, -0.2) is 40.3 Å². The molecule has 2 aliphatic heterocycles. The maximum atomic E-state index is 12.3. The molecule has 0 radical (unpaired) electrons. The normalized spacial score (nSPS) is 23.7. The first-order chi connectivity index (χ1) is 11.9. The second kappa shape index (κ2) is 5.48. The molecule has 3 unspecified atom stereocenters. The second-order valence-electron chi connectivity index (χ2n) is 7.02. The summed E-state index contributed by atoms with van der Waals surface area (Å²) < 4.78 is 7.45. The van der Waals surface area contributed by atoms with E-state index in [2.05, 4.69) is 14.9 Å². The number of pyridine rings is 1. The summed E-state index contributed by atoms with van der Waals surface area (Å²) in [6.45, 7) is 5.71. The Bertz CT molecular complexity index is 963. The number of H-pyrrole nitrogens is 1. The Morgan fingerprint density at radius 2 is 2.16 bits per heavy atom. The molecule has 0 saturated carbocycles. The van der Waals surface area contributed by atoms with Crippen molar-refractivity contribution in [1.29, 1.82) is 0 Å². The maximum Gasteiger partial charge on any atom is 0.329 e. The van der Waals surface area contributed by atoms with Crippen LogP contribution in [0.1, 0.15) is 26.3 Å². The summed E-state index contributed by atoms with van der Waals surface area (Å²) in [7, 11) is 0. The number of aromatic nitrogens is 3. The molecule has 1 saturated heterocycles. The van der Waals surface area contributed by atoms with E-state index in [-0.39, 0.29) is 23.3 Å². The molecule has 9 nitrogen and oxygen atoms in total. The Balaban J connectivity index is 1.97. The molecule has 0 aromatic carbocycles. The van der Waals surface area contributed by atoms with Crippen molar-refractivity contribution in [1.82, 2.24) is 14.5 Å². The van der Waals surface area contributed by atoms with Crippen LogP contribution in [0.5, 0.6) is 5.75 Å². The predicted octanol–water partition coefficient (Wildman–Crippen LogP) is -0.206. The summed E-state index contributed by atoms with van der Waals surface area (Å²) >= 11 is 0. The van der Waals surface area contributed by atoms with Gasteiger partial charge in [-0.15, -0.1) is 0 Å². The molecule has 2 aromatic rings. The Kier molecular flexibility index (Phi) is 3.50. The highest BCUT2D eigenvalue weighted by Gasteiger charge is 2.33. The molecular formula is C16H22N6O3. The second-order valence-corrected chi connectivity index (χ2v) is 7.02. The number of nitrogens with zero attached hydrogens (tertiary/aromatic N) is 3. The molecule has 4 rings (SSSR count). The molecule has 5 N–H and O–H groups in total. The van der Waals surface area contributed by atoms with E-state index in [4.69, 9.17) is 16.2 Å². The van der Waals surface area contributed by atoms with Crippen molar-refractivity contribution in [2.24, 2.45) is 11.7 Å². The topological polar surface area (TPSA) is 132 Å². The van der Waals surface area contributed by atoms with Gasteiger partial charge in [-0.3, -0.25) is 14.3 Å². The van der Waals surface area contributed by atoms with Crippen LogP contribution in [-0.2, 0) is 0 Å². The number of hydrogen-bond donors (Lipinski definition) is 3. The molecular weight excluding hydrogens is 324 g/mol. The van der Waals surface area contributed by atoms with Gasteiger partial charge in [-0.2, -0.15) is 0 Å². The van der Waals surface area contributed by atoms with Gasteiger partial charge < -0.3 is 21.1 Å². The molecule has 9 heteroatoms. The molecule has 0 amide bonds. The van der Waals surface area contributed by atoms with Crippen molar-refractivity contribution in [3.8, 4) is 5.75 Å². The van der Waals surface area contributed by atoms with E-state index in [1.807, 2.05) is 13.8 Å². The highest BCUT2D eigenvalue weighted by molar-refractivity contribution is 5.96. The van der Waals surface area contributed by atoms with Gasteiger partial charge in [-0.05, 0) is 26.2 Å². The molecule has 134 valence electrons. The SMILES string of the molecule is CC(N)C1CCN(c2nc(N)c3c(=O)[nH]c(=O)n4c3c2OCC4C)C1. The van der Waals surface area contributed by atoms with E-state index in [0.717, 1.165) is 19.5 Å². The highest BCUT2D eigenvalue weighted by Crippen LogP contribution is 2.40. The van der Waals surface area contributed by atoms with Gasteiger partial charge in [0, 0.05) is 19.1 Å².